The van der Waals surface area contributed by atoms with E-state index in [1.165, 1.54) is 22.9 Å². The quantitative estimate of drug-likeness (QED) is 0.478. The van der Waals surface area contributed by atoms with Crippen molar-refractivity contribution in [1.82, 2.24) is 15.0 Å². The van der Waals surface area contributed by atoms with Gasteiger partial charge in [-0.1, -0.05) is 23.9 Å². The fourth-order valence-corrected chi connectivity index (χ4v) is 3.52. The summed E-state index contributed by atoms with van der Waals surface area (Å²) in [5.41, 5.74) is 6.18. The molecule has 6 heteroatoms. The van der Waals surface area contributed by atoms with Gasteiger partial charge in [-0.05, 0) is 73.9 Å². The second-order valence-electron chi connectivity index (χ2n) is 6.64. The number of pyridine rings is 1. The van der Waals surface area contributed by atoms with Crippen molar-refractivity contribution in [2.75, 3.05) is 11.6 Å². The van der Waals surface area contributed by atoms with Crippen molar-refractivity contribution >= 4 is 23.4 Å². The zero-order chi connectivity index (χ0) is 19.9. The third kappa shape index (κ3) is 5.39. The SMILES string of the molecule is CSc1nc(C)c(CCC(=O)Nc2ccc(Cc3ccncc3)cc2)c(C)n1. The van der Waals surface area contributed by atoms with Crippen LogP contribution in [0.2, 0.25) is 0 Å². The van der Waals surface area contributed by atoms with Crippen molar-refractivity contribution in [1.29, 1.82) is 0 Å². The number of aryl methyl sites for hydroxylation is 2. The average molecular weight is 393 g/mol. The highest BCUT2D eigenvalue weighted by Gasteiger charge is 2.11. The zero-order valence-corrected chi connectivity index (χ0v) is 17.2. The summed E-state index contributed by atoms with van der Waals surface area (Å²) in [4.78, 5) is 25.3. The molecule has 0 fully saturated rings. The Balaban J connectivity index is 1.55. The Morgan fingerprint density at radius 1 is 0.964 bits per heavy atom. The van der Waals surface area contributed by atoms with E-state index < -0.39 is 0 Å². The predicted octanol–water partition coefficient (Wildman–Crippen LogP) is 4.37. The van der Waals surface area contributed by atoms with Crippen molar-refractivity contribution in [2.24, 2.45) is 0 Å². The van der Waals surface area contributed by atoms with E-state index in [4.69, 9.17) is 0 Å². The van der Waals surface area contributed by atoms with E-state index in [2.05, 4.69) is 20.3 Å². The molecule has 0 saturated heterocycles. The van der Waals surface area contributed by atoms with E-state index in [1.54, 1.807) is 12.4 Å². The van der Waals surface area contributed by atoms with Crippen LogP contribution < -0.4 is 5.32 Å². The minimum atomic E-state index is -0.00498. The highest BCUT2D eigenvalue weighted by atomic mass is 32.2. The minimum absolute atomic E-state index is 0.00498. The Hall–Kier alpha value is -2.73. The molecule has 3 aromatic rings. The number of benzene rings is 1. The second-order valence-corrected chi connectivity index (χ2v) is 7.41. The summed E-state index contributed by atoms with van der Waals surface area (Å²) in [6.07, 6.45) is 7.45. The first-order valence-electron chi connectivity index (χ1n) is 9.21. The number of hydrogen-bond acceptors (Lipinski definition) is 5. The molecular formula is C22H24N4OS. The Morgan fingerprint density at radius 2 is 1.57 bits per heavy atom. The maximum absolute atomic E-state index is 12.3. The molecule has 0 aliphatic rings. The smallest absolute Gasteiger partial charge is 0.224 e. The van der Waals surface area contributed by atoms with Crippen LogP contribution in [0.5, 0.6) is 0 Å². The average Bonchev–Trinajstić information content (AvgIpc) is 2.69. The monoisotopic (exact) mass is 392 g/mol. The maximum atomic E-state index is 12.3. The van der Waals surface area contributed by atoms with Crippen molar-refractivity contribution in [2.45, 2.75) is 38.3 Å². The molecule has 0 radical (unpaired) electrons. The van der Waals surface area contributed by atoms with Crippen molar-refractivity contribution in [3.8, 4) is 0 Å². The van der Waals surface area contributed by atoms with Gasteiger partial charge in [-0.25, -0.2) is 9.97 Å². The number of rotatable bonds is 7. The summed E-state index contributed by atoms with van der Waals surface area (Å²) in [5.74, 6) is -0.00498. The van der Waals surface area contributed by atoms with Gasteiger partial charge >= 0.3 is 0 Å². The van der Waals surface area contributed by atoms with Crippen LogP contribution in [0.1, 0.15) is 34.5 Å². The third-order valence-electron chi connectivity index (χ3n) is 4.58. The standard InChI is InChI=1S/C22H24N4OS/c1-15-20(16(2)25-22(24-15)28-3)8-9-21(27)26-19-6-4-17(5-7-19)14-18-10-12-23-13-11-18/h4-7,10-13H,8-9,14H2,1-3H3,(H,26,27). The first-order valence-corrected chi connectivity index (χ1v) is 10.4. The molecule has 1 amide bonds. The lowest BCUT2D eigenvalue weighted by atomic mass is 10.1. The van der Waals surface area contributed by atoms with Gasteiger partial charge in [0.15, 0.2) is 5.16 Å². The highest BCUT2D eigenvalue weighted by Crippen LogP contribution is 2.18. The molecule has 0 aliphatic heterocycles. The molecule has 0 bridgehead atoms. The largest absolute Gasteiger partial charge is 0.326 e. The number of anilines is 1. The number of carbonyl (C=O) groups excluding carboxylic acids is 1. The van der Waals surface area contributed by atoms with Gasteiger partial charge in [-0.2, -0.15) is 0 Å². The minimum Gasteiger partial charge on any atom is -0.326 e. The molecule has 0 spiro atoms. The van der Waals surface area contributed by atoms with E-state index in [-0.39, 0.29) is 5.91 Å². The molecule has 2 heterocycles. The Kier molecular flexibility index (Phi) is 6.76. The van der Waals surface area contributed by atoms with Crippen LogP contribution in [0.3, 0.4) is 0 Å². The summed E-state index contributed by atoms with van der Waals surface area (Å²) in [5, 5.41) is 3.74. The van der Waals surface area contributed by atoms with E-state index in [9.17, 15) is 4.79 Å². The van der Waals surface area contributed by atoms with Crippen LogP contribution in [0, 0.1) is 13.8 Å². The normalized spacial score (nSPS) is 10.7. The summed E-state index contributed by atoms with van der Waals surface area (Å²) >= 11 is 1.53. The number of nitrogens with zero attached hydrogens (tertiary/aromatic N) is 3. The number of aromatic nitrogens is 3. The molecule has 1 N–H and O–H groups in total. The first kappa shape index (κ1) is 20.0. The van der Waals surface area contributed by atoms with Crippen molar-refractivity contribution in [3.05, 3.63) is 76.9 Å². The molecule has 1 aromatic carbocycles. The first-order chi connectivity index (χ1) is 13.5. The molecule has 5 nitrogen and oxygen atoms in total. The third-order valence-corrected chi connectivity index (χ3v) is 5.13. The molecule has 0 saturated carbocycles. The van der Waals surface area contributed by atoms with Crippen LogP contribution in [0.25, 0.3) is 0 Å². The van der Waals surface area contributed by atoms with Gasteiger partial charge in [0.25, 0.3) is 0 Å². The van der Waals surface area contributed by atoms with Crippen molar-refractivity contribution in [3.63, 3.8) is 0 Å². The van der Waals surface area contributed by atoms with Crippen LogP contribution in [-0.2, 0) is 17.6 Å². The number of amides is 1. The van der Waals surface area contributed by atoms with Gasteiger partial charge in [-0.15, -0.1) is 0 Å². The van der Waals surface area contributed by atoms with Crippen molar-refractivity contribution < 1.29 is 4.79 Å². The zero-order valence-electron chi connectivity index (χ0n) is 16.4. The highest BCUT2D eigenvalue weighted by molar-refractivity contribution is 7.98. The Morgan fingerprint density at radius 3 is 2.18 bits per heavy atom. The topological polar surface area (TPSA) is 67.8 Å². The molecule has 144 valence electrons. The van der Waals surface area contributed by atoms with Crippen LogP contribution in [-0.4, -0.2) is 27.1 Å². The molecule has 28 heavy (non-hydrogen) atoms. The Bertz CT molecular complexity index is 920. The number of carbonyl (C=O) groups is 1. The molecule has 0 atom stereocenters. The molecule has 3 rings (SSSR count). The van der Waals surface area contributed by atoms with Crippen LogP contribution >= 0.6 is 11.8 Å². The lowest BCUT2D eigenvalue weighted by Crippen LogP contribution is -2.13. The van der Waals surface area contributed by atoms with Gasteiger partial charge in [0.2, 0.25) is 5.91 Å². The van der Waals surface area contributed by atoms with Gasteiger partial charge in [0, 0.05) is 35.9 Å². The summed E-state index contributed by atoms with van der Waals surface area (Å²) < 4.78 is 0. The van der Waals surface area contributed by atoms with E-state index in [1.807, 2.05) is 56.5 Å². The van der Waals surface area contributed by atoms with Gasteiger partial charge in [0.05, 0.1) is 0 Å². The fraction of sp³-hybridized carbons (Fsp3) is 0.273. The summed E-state index contributed by atoms with van der Waals surface area (Å²) in [7, 11) is 0. The Labute approximate surface area is 170 Å². The number of thioether (sulfide) groups is 1. The van der Waals surface area contributed by atoms with Crippen LogP contribution in [0.4, 0.5) is 5.69 Å². The number of hydrogen-bond donors (Lipinski definition) is 1. The maximum Gasteiger partial charge on any atom is 0.224 e. The van der Waals surface area contributed by atoms with Gasteiger partial charge in [0.1, 0.15) is 0 Å². The van der Waals surface area contributed by atoms with E-state index in [0.717, 1.165) is 34.2 Å². The summed E-state index contributed by atoms with van der Waals surface area (Å²) in [6.45, 7) is 3.95. The summed E-state index contributed by atoms with van der Waals surface area (Å²) in [6, 6.07) is 12.0. The predicted molar refractivity (Wildman–Crippen MR) is 114 cm³/mol. The molecule has 0 aliphatic carbocycles. The fourth-order valence-electron chi connectivity index (χ4n) is 3.07. The lowest BCUT2D eigenvalue weighted by molar-refractivity contribution is -0.116. The van der Waals surface area contributed by atoms with Gasteiger partial charge < -0.3 is 5.32 Å². The lowest BCUT2D eigenvalue weighted by Gasteiger charge is -2.10. The van der Waals surface area contributed by atoms with Gasteiger partial charge in [-0.3, -0.25) is 9.78 Å². The van der Waals surface area contributed by atoms with Crippen LogP contribution in [0.15, 0.2) is 53.9 Å². The molecular weight excluding hydrogens is 368 g/mol. The second kappa shape index (κ2) is 9.46. The van der Waals surface area contributed by atoms with E-state index >= 15 is 0 Å². The number of nitrogens with one attached hydrogen (secondary N) is 1. The van der Waals surface area contributed by atoms with E-state index in [0.29, 0.717) is 12.8 Å². The molecule has 2 aromatic heterocycles. The molecule has 0 unspecified atom stereocenters.